The molecule has 116 valence electrons. The van der Waals surface area contributed by atoms with Gasteiger partial charge < -0.3 is 0 Å². The molecular formula is C12H13N5O4S. The molecule has 1 aliphatic rings. The van der Waals surface area contributed by atoms with E-state index < -0.39 is 16.1 Å². The van der Waals surface area contributed by atoms with Crippen molar-refractivity contribution >= 4 is 27.4 Å². The molecule has 1 aliphatic heterocycles. The van der Waals surface area contributed by atoms with Crippen LogP contribution in [0.2, 0.25) is 0 Å². The Morgan fingerprint density at radius 2 is 1.95 bits per heavy atom. The minimum Gasteiger partial charge on any atom is -0.300 e. The summed E-state index contributed by atoms with van der Waals surface area (Å²) in [6.45, 7) is 0.146. The summed E-state index contributed by atoms with van der Waals surface area (Å²) >= 11 is 0. The maximum Gasteiger partial charge on any atom is 0.304 e. The predicted molar refractivity (Wildman–Crippen MR) is 75.2 cm³/mol. The first-order valence-corrected chi connectivity index (χ1v) is 8.05. The van der Waals surface area contributed by atoms with Crippen LogP contribution >= 0.6 is 0 Å². The Bertz CT molecular complexity index is 834. The molecule has 3 heterocycles. The lowest BCUT2D eigenvalue weighted by Gasteiger charge is -2.24. The molecule has 1 fully saturated rings. The molecule has 0 saturated carbocycles. The molecule has 0 spiro atoms. The van der Waals surface area contributed by atoms with Crippen LogP contribution in [0.25, 0.3) is 5.52 Å². The third kappa shape index (κ3) is 2.70. The number of Topliss-reactive ketones (excluding diaryl/α,β-unsaturated/α-hetero) is 1. The number of piperidine rings is 1. The van der Waals surface area contributed by atoms with Crippen LogP contribution in [-0.2, 0) is 15.0 Å². The number of rotatable bonds is 3. The minimum atomic E-state index is -4.00. The largest absolute Gasteiger partial charge is 0.304 e. The molecular weight excluding hydrogens is 310 g/mol. The van der Waals surface area contributed by atoms with E-state index in [4.69, 9.17) is 0 Å². The van der Waals surface area contributed by atoms with Gasteiger partial charge in [0.1, 0.15) is 5.78 Å². The van der Waals surface area contributed by atoms with Crippen molar-refractivity contribution in [1.82, 2.24) is 23.9 Å². The van der Waals surface area contributed by atoms with Gasteiger partial charge in [0.2, 0.25) is 0 Å². The summed E-state index contributed by atoms with van der Waals surface area (Å²) in [6.07, 6.45) is 1.91. The molecule has 1 amide bonds. The van der Waals surface area contributed by atoms with Crippen molar-refractivity contribution in [2.24, 2.45) is 0 Å². The lowest BCUT2D eigenvalue weighted by Crippen LogP contribution is -2.47. The smallest absolute Gasteiger partial charge is 0.300 e. The molecule has 22 heavy (non-hydrogen) atoms. The van der Waals surface area contributed by atoms with Crippen LogP contribution in [0.1, 0.15) is 23.3 Å². The number of pyridine rings is 1. The number of nitrogens with zero attached hydrogens (tertiary/aromatic N) is 4. The number of hydrogen-bond donors (Lipinski definition) is 1. The molecule has 0 bridgehead atoms. The van der Waals surface area contributed by atoms with E-state index in [0.717, 1.165) is 4.31 Å². The van der Waals surface area contributed by atoms with Crippen molar-refractivity contribution in [1.29, 1.82) is 0 Å². The van der Waals surface area contributed by atoms with Crippen molar-refractivity contribution in [3.8, 4) is 0 Å². The summed E-state index contributed by atoms with van der Waals surface area (Å²) in [5.74, 6) is -0.833. The maximum absolute atomic E-state index is 12.2. The Kier molecular flexibility index (Phi) is 3.62. The van der Waals surface area contributed by atoms with Crippen LogP contribution in [0.5, 0.6) is 0 Å². The summed E-state index contributed by atoms with van der Waals surface area (Å²) in [6, 6.07) is 5.02. The molecule has 0 radical (unpaired) electrons. The van der Waals surface area contributed by atoms with Gasteiger partial charge in [-0.05, 0) is 12.1 Å². The van der Waals surface area contributed by atoms with E-state index in [1.807, 2.05) is 4.72 Å². The van der Waals surface area contributed by atoms with E-state index in [1.165, 1.54) is 4.52 Å². The fourth-order valence-corrected chi connectivity index (χ4v) is 3.34. The van der Waals surface area contributed by atoms with Gasteiger partial charge in [0.15, 0.2) is 5.69 Å². The number of carbonyl (C=O) groups is 2. The van der Waals surface area contributed by atoms with E-state index in [1.54, 1.807) is 24.4 Å². The molecule has 3 rings (SSSR count). The van der Waals surface area contributed by atoms with E-state index in [9.17, 15) is 18.0 Å². The predicted octanol–water partition coefficient (Wildman–Crippen LogP) is -0.631. The van der Waals surface area contributed by atoms with Crippen molar-refractivity contribution in [2.45, 2.75) is 12.8 Å². The van der Waals surface area contributed by atoms with E-state index in [0.29, 0.717) is 5.52 Å². The highest BCUT2D eigenvalue weighted by Crippen LogP contribution is 2.11. The van der Waals surface area contributed by atoms with Crippen LogP contribution < -0.4 is 4.72 Å². The summed E-state index contributed by atoms with van der Waals surface area (Å²) in [4.78, 5) is 23.3. The summed E-state index contributed by atoms with van der Waals surface area (Å²) in [5, 5.41) is 7.45. The van der Waals surface area contributed by atoms with Crippen molar-refractivity contribution in [2.75, 3.05) is 13.1 Å². The van der Waals surface area contributed by atoms with Gasteiger partial charge in [0.05, 0.1) is 5.52 Å². The van der Waals surface area contributed by atoms with Gasteiger partial charge in [-0.3, -0.25) is 9.59 Å². The Balaban J connectivity index is 1.80. The zero-order chi connectivity index (χ0) is 15.7. The van der Waals surface area contributed by atoms with Crippen LogP contribution in [0.3, 0.4) is 0 Å². The summed E-state index contributed by atoms with van der Waals surface area (Å²) in [5.41, 5.74) is 0.335. The van der Waals surface area contributed by atoms with E-state index in [-0.39, 0.29) is 37.4 Å². The van der Waals surface area contributed by atoms with Gasteiger partial charge in [-0.25, -0.2) is 9.24 Å². The number of ketones is 1. The zero-order valence-corrected chi connectivity index (χ0v) is 12.3. The Hall–Kier alpha value is -2.33. The molecule has 0 aromatic carbocycles. The Labute approximate surface area is 126 Å². The van der Waals surface area contributed by atoms with E-state index in [2.05, 4.69) is 10.3 Å². The average Bonchev–Trinajstić information content (AvgIpc) is 2.91. The Morgan fingerprint density at radius 3 is 2.68 bits per heavy atom. The van der Waals surface area contributed by atoms with Gasteiger partial charge in [-0.2, -0.15) is 12.7 Å². The molecule has 10 heteroatoms. The highest BCUT2D eigenvalue weighted by atomic mass is 32.2. The normalized spacial score (nSPS) is 16.8. The molecule has 0 aliphatic carbocycles. The number of fused-ring (bicyclic) bond motifs is 1. The maximum atomic E-state index is 12.2. The number of hydrogen-bond acceptors (Lipinski definition) is 6. The lowest BCUT2D eigenvalue weighted by molar-refractivity contribution is -0.120. The van der Waals surface area contributed by atoms with Gasteiger partial charge in [-0.15, -0.1) is 5.10 Å². The topological polar surface area (TPSA) is 114 Å². The minimum absolute atomic E-state index is 0.0158. The fourth-order valence-electron chi connectivity index (χ4n) is 2.21. The first-order chi connectivity index (χ1) is 10.5. The van der Waals surface area contributed by atoms with Gasteiger partial charge in [0, 0.05) is 32.1 Å². The highest BCUT2D eigenvalue weighted by molar-refractivity contribution is 7.87. The van der Waals surface area contributed by atoms with Crippen LogP contribution in [0.15, 0.2) is 24.4 Å². The molecule has 9 nitrogen and oxygen atoms in total. The number of nitrogens with one attached hydrogen (secondary N) is 1. The van der Waals surface area contributed by atoms with Gasteiger partial charge in [-0.1, -0.05) is 11.3 Å². The second-order valence-electron chi connectivity index (χ2n) is 4.84. The Morgan fingerprint density at radius 1 is 1.23 bits per heavy atom. The van der Waals surface area contributed by atoms with Gasteiger partial charge in [0.25, 0.3) is 5.91 Å². The third-order valence-corrected chi connectivity index (χ3v) is 4.87. The molecule has 1 saturated heterocycles. The lowest BCUT2D eigenvalue weighted by atomic mass is 10.1. The summed E-state index contributed by atoms with van der Waals surface area (Å²) in [7, 11) is -4.00. The van der Waals surface area contributed by atoms with Crippen LogP contribution in [-0.4, -0.2) is 52.3 Å². The summed E-state index contributed by atoms with van der Waals surface area (Å²) < 4.78 is 28.7. The second-order valence-corrected chi connectivity index (χ2v) is 6.51. The first kappa shape index (κ1) is 14.6. The average molecular weight is 323 g/mol. The molecule has 2 aromatic heterocycles. The molecule has 1 N–H and O–H groups in total. The van der Waals surface area contributed by atoms with Crippen LogP contribution in [0.4, 0.5) is 0 Å². The van der Waals surface area contributed by atoms with Crippen molar-refractivity contribution in [3.05, 3.63) is 30.1 Å². The van der Waals surface area contributed by atoms with Crippen molar-refractivity contribution < 1.29 is 18.0 Å². The zero-order valence-electron chi connectivity index (χ0n) is 11.5. The first-order valence-electron chi connectivity index (χ1n) is 6.61. The SMILES string of the molecule is O=C1CCN(S(=O)(=O)NC(=O)c2nnn3ccccc23)CC1. The number of amides is 1. The fraction of sp³-hybridized carbons (Fsp3) is 0.333. The number of carbonyl (C=O) groups excluding carboxylic acids is 2. The van der Waals surface area contributed by atoms with Crippen molar-refractivity contribution in [3.63, 3.8) is 0 Å². The third-order valence-electron chi connectivity index (χ3n) is 3.38. The quantitative estimate of drug-likeness (QED) is 0.804. The van der Waals surface area contributed by atoms with Crippen LogP contribution in [0, 0.1) is 0 Å². The van der Waals surface area contributed by atoms with Gasteiger partial charge >= 0.3 is 10.2 Å². The second kappa shape index (κ2) is 5.46. The molecule has 2 aromatic rings. The number of aromatic nitrogens is 3. The monoisotopic (exact) mass is 323 g/mol. The standard InChI is InChI=1S/C12H13N5O4S/c18-9-4-7-16(8-5-9)22(20,21)14-12(19)11-10-3-1-2-6-17(10)15-13-11/h1-3,6H,4-5,7-8H2,(H,14,19). The highest BCUT2D eigenvalue weighted by Gasteiger charge is 2.29. The molecule has 0 unspecified atom stereocenters. The molecule has 0 atom stereocenters. The van der Waals surface area contributed by atoms with E-state index >= 15 is 0 Å².